The topological polar surface area (TPSA) is 76.1 Å². The van der Waals surface area contributed by atoms with Crippen LogP contribution in [-0.4, -0.2) is 43.8 Å². The number of amides is 1. The van der Waals surface area contributed by atoms with E-state index in [-0.39, 0.29) is 17.2 Å². The first-order valence-corrected chi connectivity index (χ1v) is 7.85. The Morgan fingerprint density at radius 1 is 1.33 bits per heavy atom. The fraction of sp³-hybridized carbons (Fsp3) is 0.294. The maximum Gasteiger partial charge on any atom is 0.414 e. The Morgan fingerprint density at radius 3 is 2.71 bits per heavy atom. The molecule has 6 nitrogen and oxygen atoms in total. The number of benzene rings is 2. The molecule has 0 radical (unpaired) electrons. The number of aromatic hydroxyl groups is 1. The maximum absolute atomic E-state index is 12.0. The summed E-state index contributed by atoms with van der Waals surface area (Å²) in [5.41, 5.74) is 1.62. The molecule has 0 fully saturated rings. The van der Waals surface area contributed by atoms with E-state index in [9.17, 15) is 14.7 Å². The molecule has 1 heterocycles. The van der Waals surface area contributed by atoms with Crippen LogP contribution in [0.2, 0.25) is 0 Å². The Labute approximate surface area is 143 Å². The van der Waals surface area contributed by atoms with Crippen molar-refractivity contribution in [3.05, 3.63) is 35.4 Å². The molecule has 0 saturated carbocycles. The van der Waals surface area contributed by atoms with Gasteiger partial charge < -0.3 is 14.6 Å². The second-order valence-corrected chi connectivity index (χ2v) is 5.79. The van der Waals surface area contributed by atoms with E-state index < -0.39 is 12.1 Å². The molecule has 1 amide bonds. The molecule has 0 spiro atoms. The van der Waals surface area contributed by atoms with Crippen molar-refractivity contribution >= 4 is 40.1 Å². The Morgan fingerprint density at radius 2 is 2.08 bits per heavy atom. The van der Waals surface area contributed by atoms with Crippen LogP contribution in [0.4, 0.5) is 10.5 Å². The highest BCUT2D eigenvalue weighted by Crippen LogP contribution is 2.46. The second-order valence-electron chi connectivity index (χ2n) is 5.48. The lowest BCUT2D eigenvalue weighted by Gasteiger charge is -2.17. The monoisotopic (exact) mass is 349 g/mol. The lowest BCUT2D eigenvalue weighted by Crippen LogP contribution is -2.29. The van der Waals surface area contributed by atoms with Crippen LogP contribution in [0.15, 0.2) is 24.3 Å². The van der Waals surface area contributed by atoms with Gasteiger partial charge in [0.25, 0.3) is 0 Å². The highest BCUT2D eigenvalue weighted by Gasteiger charge is 2.35. The van der Waals surface area contributed by atoms with Crippen LogP contribution in [0.5, 0.6) is 5.75 Å². The number of carbonyl (C=O) groups is 2. The number of alkyl halides is 1. The number of hydrogen-bond acceptors (Lipinski definition) is 5. The van der Waals surface area contributed by atoms with Crippen molar-refractivity contribution in [1.82, 2.24) is 0 Å². The van der Waals surface area contributed by atoms with E-state index in [1.807, 2.05) is 0 Å². The third-order valence-corrected chi connectivity index (χ3v) is 4.62. The number of methoxy groups -OCH3 is 2. The third-order valence-electron chi connectivity index (χ3n) is 4.25. The minimum absolute atomic E-state index is 0.103. The maximum atomic E-state index is 12.0. The van der Waals surface area contributed by atoms with Crippen LogP contribution >= 0.6 is 11.6 Å². The standard InChI is InChI=1S/C17H16ClNO5/c1-23-16(21)11-5-3-4-10-14-9(7-18)8-19(17(22)24-2)12(14)6-13(20)15(10)11/h3-6,9,20H,7-8H2,1-2H3/t9-/m1/s1. The quantitative estimate of drug-likeness (QED) is 0.665. The molecule has 1 N–H and O–H groups in total. The average Bonchev–Trinajstić information content (AvgIpc) is 2.98. The van der Waals surface area contributed by atoms with Crippen LogP contribution in [0.1, 0.15) is 21.8 Å². The van der Waals surface area contributed by atoms with Gasteiger partial charge >= 0.3 is 12.1 Å². The van der Waals surface area contributed by atoms with E-state index in [0.717, 1.165) is 5.56 Å². The number of anilines is 1. The molecule has 2 aromatic rings. The number of carbonyl (C=O) groups excluding carboxylic acids is 2. The highest BCUT2D eigenvalue weighted by molar-refractivity contribution is 6.19. The Balaban J connectivity index is 2.33. The number of hydrogen-bond donors (Lipinski definition) is 1. The predicted molar refractivity (Wildman–Crippen MR) is 90.2 cm³/mol. The number of nitrogens with zero attached hydrogens (tertiary/aromatic N) is 1. The fourth-order valence-electron chi connectivity index (χ4n) is 3.22. The van der Waals surface area contributed by atoms with Crippen molar-refractivity contribution in [3.8, 4) is 5.75 Å². The van der Waals surface area contributed by atoms with Gasteiger partial charge in [-0.25, -0.2) is 9.59 Å². The molecule has 24 heavy (non-hydrogen) atoms. The normalized spacial score (nSPS) is 16.1. The molecular weight excluding hydrogens is 334 g/mol. The van der Waals surface area contributed by atoms with Crippen molar-refractivity contribution in [2.45, 2.75) is 5.92 Å². The Kier molecular flexibility index (Phi) is 4.24. The van der Waals surface area contributed by atoms with E-state index in [2.05, 4.69) is 0 Å². The lowest BCUT2D eigenvalue weighted by molar-refractivity contribution is 0.0602. The van der Waals surface area contributed by atoms with Crippen LogP contribution in [0.3, 0.4) is 0 Å². The number of rotatable bonds is 2. The molecule has 3 rings (SSSR count). The number of esters is 1. The smallest absolute Gasteiger partial charge is 0.414 e. The zero-order valence-corrected chi connectivity index (χ0v) is 14.0. The summed E-state index contributed by atoms with van der Waals surface area (Å²) in [7, 11) is 2.58. The number of fused-ring (bicyclic) bond motifs is 3. The summed E-state index contributed by atoms with van der Waals surface area (Å²) in [4.78, 5) is 25.5. The first-order valence-electron chi connectivity index (χ1n) is 7.31. The summed E-state index contributed by atoms with van der Waals surface area (Å²) in [5, 5.41) is 11.5. The van der Waals surface area contributed by atoms with Gasteiger partial charge in [0, 0.05) is 29.8 Å². The molecule has 0 bridgehead atoms. The lowest BCUT2D eigenvalue weighted by atomic mass is 9.93. The fourth-order valence-corrected chi connectivity index (χ4v) is 3.47. The summed E-state index contributed by atoms with van der Waals surface area (Å²) in [6.07, 6.45) is -0.522. The van der Waals surface area contributed by atoms with Crippen molar-refractivity contribution in [3.63, 3.8) is 0 Å². The van der Waals surface area contributed by atoms with E-state index in [1.165, 1.54) is 25.2 Å². The predicted octanol–water partition coefficient (Wildman–Crippen LogP) is 3.24. The summed E-state index contributed by atoms with van der Waals surface area (Å²) in [6.45, 7) is 0.354. The van der Waals surface area contributed by atoms with Crippen molar-refractivity contribution in [2.75, 3.05) is 31.5 Å². The summed E-state index contributed by atoms with van der Waals surface area (Å²) >= 11 is 6.09. The summed E-state index contributed by atoms with van der Waals surface area (Å²) in [6, 6.07) is 6.55. The van der Waals surface area contributed by atoms with Gasteiger partial charge in [0.15, 0.2) is 0 Å². The van der Waals surface area contributed by atoms with Gasteiger partial charge in [-0.05, 0) is 17.0 Å². The van der Waals surface area contributed by atoms with Crippen LogP contribution in [0.25, 0.3) is 10.8 Å². The van der Waals surface area contributed by atoms with E-state index in [0.29, 0.717) is 28.9 Å². The molecule has 1 aliphatic heterocycles. The molecule has 0 aliphatic carbocycles. The third kappa shape index (κ3) is 2.34. The Bertz CT molecular complexity index is 835. The number of ether oxygens (including phenoxy) is 2. The molecule has 1 atom stereocenters. The summed E-state index contributed by atoms with van der Waals surface area (Å²) < 4.78 is 9.59. The molecule has 2 aromatic carbocycles. The van der Waals surface area contributed by atoms with E-state index in [1.54, 1.807) is 18.2 Å². The van der Waals surface area contributed by atoms with Gasteiger partial charge in [-0.1, -0.05) is 12.1 Å². The van der Waals surface area contributed by atoms with Gasteiger partial charge in [0.2, 0.25) is 0 Å². The van der Waals surface area contributed by atoms with Crippen LogP contribution in [0, 0.1) is 0 Å². The number of halogens is 1. The Hall–Kier alpha value is -2.47. The first kappa shape index (κ1) is 16.4. The molecule has 0 unspecified atom stereocenters. The molecule has 0 aromatic heterocycles. The van der Waals surface area contributed by atoms with Crippen molar-refractivity contribution < 1.29 is 24.2 Å². The van der Waals surface area contributed by atoms with Gasteiger partial charge in [0.05, 0.1) is 25.5 Å². The molecule has 1 aliphatic rings. The minimum atomic E-state index is -0.541. The zero-order chi connectivity index (χ0) is 17.4. The number of phenols is 1. The number of phenolic OH excluding ortho intramolecular Hbond substituents is 1. The van der Waals surface area contributed by atoms with E-state index in [4.69, 9.17) is 21.1 Å². The molecular formula is C17H16ClNO5. The molecule has 126 valence electrons. The van der Waals surface area contributed by atoms with Gasteiger partial charge in [0.1, 0.15) is 5.75 Å². The summed E-state index contributed by atoms with van der Waals surface area (Å²) in [5.74, 6) is -0.477. The van der Waals surface area contributed by atoms with Gasteiger partial charge in [-0.2, -0.15) is 0 Å². The van der Waals surface area contributed by atoms with Crippen molar-refractivity contribution in [1.29, 1.82) is 0 Å². The SMILES string of the molecule is COC(=O)c1cccc2c3c(cc(O)c12)N(C(=O)OC)C[C@H]3CCl. The van der Waals surface area contributed by atoms with E-state index >= 15 is 0 Å². The second kappa shape index (κ2) is 6.20. The zero-order valence-electron chi connectivity index (χ0n) is 13.2. The van der Waals surface area contributed by atoms with Gasteiger partial charge in [-0.15, -0.1) is 11.6 Å². The first-order chi connectivity index (χ1) is 11.5. The minimum Gasteiger partial charge on any atom is -0.507 e. The largest absolute Gasteiger partial charge is 0.507 e. The van der Waals surface area contributed by atoms with Gasteiger partial charge in [-0.3, -0.25) is 4.90 Å². The van der Waals surface area contributed by atoms with Crippen molar-refractivity contribution in [2.24, 2.45) is 0 Å². The average molecular weight is 350 g/mol. The molecule has 0 saturated heterocycles. The molecule has 7 heteroatoms. The highest BCUT2D eigenvalue weighted by atomic mass is 35.5. The van der Waals surface area contributed by atoms with Crippen LogP contribution in [-0.2, 0) is 9.47 Å². The van der Waals surface area contributed by atoms with Crippen LogP contribution < -0.4 is 4.90 Å².